The fourth-order valence-corrected chi connectivity index (χ4v) is 5.78. The summed E-state index contributed by atoms with van der Waals surface area (Å²) in [4.78, 5) is 19.0. The van der Waals surface area contributed by atoms with Crippen molar-refractivity contribution in [3.05, 3.63) is 80.7 Å². The first-order valence-corrected chi connectivity index (χ1v) is 13.2. The van der Waals surface area contributed by atoms with Crippen LogP contribution in [0.3, 0.4) is 0 Å². The van der Waals surface area contributed by atoms with Crippen LogP contribution in [0.5, 0.6) is 0 Å². The monoisotopic (exact) mass is 584 g/mol. The van der Waals surface area contributed by atoms with Crippen LogP contribution in [0.1, 0.15) is 17.0 Å². The number of carbonyl (C=O) groups excluding carboxylic acids is 1. The maximum absolute atomic E-state index is 13.4. The van der Waals surface area contributed by atoms with Crippen LogP contribution < -0.4 is 9.80 Å². The fraction of sp³-hybridized carbons (Fsp3) is 0.259. The third-order valence-electron chi connectivity index (χ3n) is 6.65. The molecule has 0 aliphatic carbocycles. The Bertz CT molecular complexity index is 1380. The van der Waals surface area contributed by atoms with Crippen LogP contribution in [0.25, 0.3) is 11.8 Å². The van der Waals surface area contributed by atoms with Crippen molar-refractivity contribution < 1.29 is 9.53 Å². The average molecular weight is 586 g/mol. The second-order valence-electron chi connectivity index (χ2n) is 8.89. The molecular weight excluding hydrogens is 560 g/mol. The first-order chi connectivity index (χ1) is 17.3. The molecule has 1 aromatic heterocycles. The van der Waals surface area contributed by atoms with Crippen molar-refractivity contribution in [2.24, 2.45) is 0 Å². The van der Waals surface area contributed by atoms with Crippen LogP contribution in [-0.4, -0.2) is 53.8 Å². The molecule has 0 unspecified atom stereocenters. The number of anilines is 2. The molecule has 0 N–H and O–H groups in total. The Morgan fingerprint density at radius 1 is 1.03 bits per heavy atom. The van der Waals surface area contributed by atoms with Gasteiger partial charge < -0.3 is 19.1 Å². The number of benzene rings is 2. The number of aryl methyl sites for hydroxylation is 1. The number of nitrogens with zero attached hydrogens (tertiary/aromatic N) is 4. The Balaban J connectivity index is 1.47. The summed E-state index contributed by atoms with van der Waals surface area (Å²) < 4.78 is 8.74. The molecule has 0 spiro atoms. The molecule has 2 fully saturated rings. The Morgan fingerprint density at radius 3 is 2.36 bits per heavy atom. The molecule has 2 saturated heterocycles. The highest BCUT2D eigenvalue weighted by Gasteiger charge is 2.37. The molecule has 2 aliphatic rings. The number of halogens is 2. The van der Waals surface area contributed by atoms with E-state index < -0.39 is 0 Å². The quantitative estimate of drug-likeness (QED) is 0.280. The second kappa shape index (κ2) is 10.0. The van der Waals surface area contributed by atoms with Gasteiger partial charge in [-0.25, -0.2) is 0 Å². The van der Waals surface area contributed by atoms with Gasteiger partial charge in [-0.2, -0.15) is 0 Å². The molecule has 2 aromatic carbocycles. The Morgan fingerprint density at radius 2 is 1.69 bits per heavy atom. The first-order valence-electron chi connectivity index (χ1n) is 11.7. The summed E-state index contributed by atoms with van der Waals surface area (Å²) >= 11 is 15.4. The normalized spacial score (nSPS) is 17.6. The maximum atomic E-state index is 13.4. The minimum atomic E-state index is -0.160. The van der Waals surface area contributed by atoms with Gasteiger partial charge in [0, 0.05) is 46.7 Å². The summed E-state index contributed by atoms with van der Waals surface area (Å²) in [5.41, 5.74) is 6.54. The molecule has 0 bridgehead atoms. The van der Waals surface area contributed by atoms with Crippen molar-refractivity contribution in [3.63, 3.8) is 0 Å². The van der Waals surface area contributed by atoms with Crippen molar-refractivity contribution in [2.45, 2.75) is 13.8 Å². The molecule has 0 atom stereocenters. The van der Waals surface area contributed by atoms with Gasteiger partial charge in [0.25, 0.3) is 5.91 Å². The van der Waals surface area contributed by atoms with E-state index in [1.54, 1.807) is 29.2 Å². The maximum Gasteiger partial charge on any atom is 0.281 e. The lowest BCUT2D eigenvalue weighted by Gasteiger charge is -2.30. The number of hydrogen-bond acceptors (Lipinski definition) is 4. The molecule has 3 aromatic rings. The van der Waals surface area contributed by atoms with E-state index in [0.717, 1.165) is 53.4 Å². The first kappa shape index (κ1) is 25.0. The average Bonchev–Trinajstić information content (AvgIpc) is 3.26. The molecule has 0 saturated carbocycles. The van der Waals surface area contributed by atoms with E-state index in [1.807, 2.05) is 13.1 Å². The van der Waals surface area contributed by atoms with Gasteiger partial charge in [-0.1, -0.05) is 11.6 Å². The lowest BCUT2D eigenvalue weighted by Crippen LogP contribution is -2.36. The number of aromatic nitrogens is 1. The molecule has 5 rings (SSSR count). The SMILES string of the molecule is Cc1cc(/C=C2/C(=O)N(c3ccc(Cl)cc3)C(=S)N2C)c(C)n1-c1ccc(N2CCOCC2)c(Br)c1. The highest BCUT2D eigenvalue weighted by Crippen LogP contribution is 2.33. The van der Waals surface area contributed by atoms with Crippen LogP contribution in [0.15, 0.2) is 58.7 Å². The van der Waals surface area contributed by atoms with Crippen molar-refractivity contribution in [1.29, 1.82) is 0 Å². The van der Waals surface area contributed by atoms with Crippen molar-refractivity contribution in [3.8, 4) is 5.69 Å². The number of rotatable bonds is 4. The van der Waals surface area contributed by atoms with Gasteiger partial charge in [-0.05, 0) is 102 Å². The Hall–Kier alpha value is -2.65. The number of carbonyl (C=O) groups is 1. The highest BCUT2D eigenvalue weighted by molar-refractivity contribution is 9.10. The van der Waals surface area contributed by atoms with E-state index in [4.69, 9.17) is 28.6 Å². The number of hydrogen-bond donors (Lipinski definition) is 0. The van der Waals surface area contributed by atoms with Gasteiger partial charge in [0.15, 0.2) is 5.11 Å². The molecule has 9 heteroatoms. The highest BCUT2D eigenvalue weighted by atomic mass is 79.9. The van der Waals surface area contributed by atoms with E-state index in [9.17, 15) is 4.79 Å². The summed E-state index contributed by atoms with van der Waals surface area (Å²) in [6, 6.07) is 15.6. The smallest absolute Gasteiger partial charge is 0.281 e. The van der Waals surface area contributed by atoms with E-state index >= 15 is 0 Å². The van der Waals surface area contributed by atoms with E-state index in [-0.39, 0.29) is 5.91 Å². The van der Waals surface area contributed by atoms with Crippen LogP contribution in [0, 0.1) is 13.8 Å². The van der Waals surface area contributed by atoms with Crippen LogP contribution >= 0.6 is 39.7 Å². The van der Waals surface area contributed by atoms with Crippen molar-refractivity contribution in [2.75, 3.05) is 43.2 Å². The molecule has 36 heavy (non-hydrogen) atoms. The topological polar surface area (TPSA) is 41.0 Å². The third kappa shape index (κ3) is 4.47. The van der Waals surface area contributed by atoms with E-state index in [0.29, 0.717) is 21.5 Å². The van der Waals surface area contributed by atoms with E-state index in [2.05, 4.69) is 63.5 Å². The second-order valence-corrected chi connectivity index (χ2v) is 10.5. The van der Waals surface area contributed by atoms with Gasteiger partial charge in [0.1, 0.15) is 5.70 Å². The molecule has 1 amide bonds. The van der Waals surface area contributed by atoms with Crippen LogP contribution in [-0.2, 0) is 9.53 Å². The predicted octanol–water partition coefficient (Wildman–Crippen LogP) is 5.95. The van der Waals surface area contributed by atoms with Crippen LogP contribution in [0.4, 0.5) is 11.4 Å². The molecule has 3 heterocycles. The molecule has 186 valence electrons. The lowest BCUT2D eigenvalue weighted by atomic mass is 10.2. The lowest BCUT2D eigenvalue weighted by molar-refractivity contribution is -0.114. The molecule has 0 radical (unpaired) electrons. The molecular formula is C27H26BrClN4O2S. The van der Waals surface area contributed by atoms with Crippen LogP contribution in [0.2, 0.25) is 5.02 Å². The Kier molecular flexibility index (Phi) is 6.96. The number of likely N-dealkylation sites (N-methyl/N-ethyl adjacent to an activating group) is 1. The number of thiocarbonyl (C=S) groups is 1. The minimum Gasteiger partial charge on any atom is -0.378 e. The number of amides is 1. The van der Waals surface area contributed by atoms with Gasteiger partial charge in [-0.3, -0.25) is 9.69 Å². The number of morpholine rings is 1. The van der Waals surface area contributed by atoms with Gasteiger partial charge in [0.2, 0.25) is 0 Å². The summed E-state index contributed by atoms with van der Waals surface area (Å²) in [5.74, 6) is -0.160. The number of ether oxygens (including phenoxy) is 1. The third-order valence-corrected chi connectivity index (χ3v) is 7.99. The fourth-order valence-electron chi connectivity index (χ4n) is 4.75. The predicted molar refractivity (Wildman–Crippen MR) is 153 cm³/mol. The summed E-state index contributed by atoms with van der Waals surface area (Å²) in [5, 5.41) is 1.04. The summed E-state index contributed by atoms with van der Waals surface area (Å²) in [7, 11) is 1.82. The zero-order valence-electron chi connectivity index (χ0n) is 20.3. The molecule has 6 nitrogen and oxygen atoms in total. The molecule has 2 aliphatic heterocycles. The zero-order valence-corrected chi connectivity index (χ0v) is 23.5. The van der Waals surface area contributed by atoms with E-state index in [1.165, 1.54) is 10.6 Å². The largest absolute Gasteiger partial charge is 0.378 e. The van der Waals surface area contributed by atoms with Gasteiger partial charge in [0.05, 0.1) is 24.6 Å². The zero-order chi connectivity index (χ0) is 25.6. The van der Waals surface area contributed by atoms with Crippen molar-refractivity contribution >= 4 is 68.2 Å². The Labute approximate surface area is 229 Å². The standard InChI is InChI=1S/C27H26BrClN4O2S/c1-17-14-19(15-25-26(34)33(27(36)30(25)3)21-6-4-20(29)5-7-21)18(2)32(17)22-8-9-24(23(28)16-22)31-10-12-35-13-11-31/h4-9,14-16H,10-13H2,1-3H3/b25-15-. The van der Waals surface area contributed by atoms with Crippen molar-refractivity contribution in [1.82, 2.24) is 9.47 Å². The van der Waals surface area contributed by atoms with Gasteiger partial charge >= 0.3 is 0 Å². The summed E-state index contributed by atoms with van der Waals surface area (Å²) in [6.45, 7) is 7.39. The van der Waals surface area contributed by atoms with Gasteiger partial charge in [-0.15, -0.1) is 0 Å². The summed E-state index contributed by atoms with van der Waals surface area (Å²) in [6.07, 6.45) is 1.92. The minimum absolute atomic E-state index is 0.160.